The Morgan fingerprint density at radius 1 is 1.12 bits per heavy atom. The molecular weight excluding hydrogens is 216 g/mol. The van der Waals surface area contributed by atoms with Gasteiger partial charge in [0.1, 0.15) is 6.61 Å². The van der Waals surface area contributed by atoms with Crippen molar-refractivity contribution in [1.82, 2.24) is 0 Å². The van der Waals surface area contributed by atoms with Crippen molar-refractivity contribution in [3.63, 3.8) is 0 Å². The molecule has 0 unspecified atom stereocenters. The highest BCUT2D eigenvalue weighted by atomic mass is 16.6. The van der Waals surface area contributed by atoms with Crippen molar-refractivity contribution in [3.8, 4) is 0 Å². The van der Waals surface area contributed by atoms with E-state index >= 15 is 0 Å². The largest absolute Gasteiger partial charge is 0.463 e. The van der Waals surface area contributed by atoms with E-state index in [1.165, 1.54) is 0 Å². The van der Waals surface area contributed by atoms with Gasteiger partial charge in [0.2, 0.25) is 0 Å². The van der Waals surface area contributed by atoms with Crippen LogP contribution in [0.5, 0.6) is 0 Å². The second-order valence-corrected chi connectivity index (χ2v) is 2.59. The molecule has 16 heavy (non-hydrogen) atoms. The maximum absolute atomic E-state index is 11.0. The summed E-state index contributed by atoms with van der Waals surface area (Å²) < 4.78 is 13.6. The quantitative estimate of drug-likeness (QED) is 0.353. The third-order valence-electron chi connectivity index (χ3n) is 1.37. The number of hydrogen-bond donors (Lipinski definition) is 0. The van der Waals surface area contributed by atoms with E-state index in [4.69, 9.17) is 0 Å². The lowest BCUT2D eigenvalue weighted by Gasteiger charge is -2.04. The van der Waals surface area contributed by atoms with Gasteiger partial charge in [-0.2, -0.15) is 0 Å². The standard InChI is InChI=1S/C10H14O6/c1-3-8(11)15-6-5-9(12)16-7-10(13)14-4-2/h3H,1,4-7H2,2H3. The smallest absolute Gasteiger partial charge is 0.344 e. The SMILES string of the molecule is C=CC(=O)OCCC(=O)OCC(=O)OCC. The second-order valence-electron chi connectivity index (χ2n) is 2.59. The highest BCUT2D eigenvalue weighted by Gasteiger charge is 2.08. The molecule has 90 valence electrons. The van der Waals surface area contributed by atoms with Crippen molar-refractivity contribution >= 4 is 17.9 Å². The average Bonchev–Trinajstić information content (AvgIpc) is 2.26. The molecule has 0 rings (SSSR count). The Bertz CT molecular complexity index is 270. The van der Waals surface area contributed by atoms with Crippen LogP contribution in [0.1, 0.15) is 13.3 Å². The molecule has 6 nitrogen and oxygen atoms in total. The molecule has 0 aliphatic heterocycles. The van der Waals surface area contributed by atoms with Crippen LogP contribution >= 0.6 is 0 Å². The molecule has 0 aromatic carbocycles. The van der Waals surface area contributed by atoms with Crippen molar-refractivity contribution in [3.05, 3.63) is 12.7 Å². The fraction of sp³-hybridized carbons (Fsp3) is 0.500. The van der Waals surface area contributed by atoms with Crippen molar-refractivity contribution in [1.29, 1.82) is 0 Å². The van der Waals surface area contributed by atoms with Gasteiger partial charge < -0.3 is 14.2 Å². The van der Waals surface area contributed by atoms with Gasteiger partial charge in [-0.3, -0.25) is 4.79 Å². The molecule has 0 atom stereocenters. The van der Waals surface area contributed by atoms with Gasteiger partial charge in [0.15, 0.2) is 6.61 Å². The van der Waals surface area contributed by atoms with Crippen LogP contribution in [0.3, 0.4) is 0 Å². The highest BCUT2D eigenvalue weighted by Crippen LogP contribution is 1.90. The zero-order valence-electron chi connectivity index (χ0n) is 9.06. The van der Waals surface area contributed by atoms with Gasteiger partial charge in [-0.05, 0) is 6.92 Å². The Labute approximate surface area is 93.2 Å². The molecule has 0 N–H and O–H groups in total. The summed E-state index contributed by atoms with van der Waals surface area (Å²) in [4.78, 5) is 32.3. The normalized spacial score (nSPS) is 9.06. The van der Waals surface area contributed by atoms with E-state index in [2.05, 4.69) is 20.8 Å². The van der Waals surface area contributed by atoms with Gasteiger partial charge in [-0.15, -0.1) is 0 Å². The van der Waals surface area contributed by atoms with Gasteiger partial charge in [-0.1, -0.05) is 6.58 Å². The molecule has 0 heterocycles. The summed E-state index contributed by atoms with van der Waals surface area (Å²) in [6.45, 7) is 4.53. The van der Waals surface area contributed by atoms with Crippen LogP contribution < -0.4 is 0 Å². The molecule has 0 saturated carbocycles. The molecule has 0 amide bonds. The first-order valence-electron chi connectivity index (χ1n) is 4.70. The fourth-order valence-electron chi connectivity index (χ4n) is 0.708. The van der Waals surface area contributed by atoms with Crippen molar-refractivity contribution < 1.29 is 28.6 Å². The number of carbonyl (C=O) groups is 3. The summed E-state index contributed by atoms with van der Waals surface area (Å²) in [5.74, 6) is -1.86. The van der Waals surface area contributed by atoms with E-state index < -0.39 is 24.5 Å². The molecule has 0 aliphatic carbocycles. The lowest BCUT2D eigenvalue weighted by atomic mass is 10.4. The summed E-state index contributed by atoms with van der Waals surface area (Å²) in [5.41, 5.74) is 0. The maximum atomic E-state index is 11.0. The first-order valence-corrected chi connectivity index (χ1v) is 4.70. The molecule has 0 aromatic rings. The molecule has 0 saturated heterocycles. The minimum atomic E-state index is -0.634. The predicted octanol–water partition coefficient (Wildman–Crippen LogP) is 0.212. The minimum absolute atomic E-state index is 0.105. The second kappa shape index (κ2) is 8.46. The van der Waals surface area contributed by atoms with Crippen LogP contribution in [-0.4, -0.2) is 37.7 Å². The lowest BCUT2D eigenvalue weighted by Crippen LogP contribution is -2.17. The topological polar surface area (TPSA) is 78.9 Å². The number of carbonyl (C=O) groups excluding carboxylic acids is 3. The van der Waals surface area contributed by atoms with E-state index in [-0.39, 0.29) is 19.6 Å². The molecule has 0 radical (unpaired) electrons. The highest BCUT2D eigenvalue weighted by molar-refractivity contribution is 5.81. The Morgan fingerprint density at radius 2 is 1.81 bits per heavy atom. The summed E-state index contributed by atoms with van der Waals surface area (Å²) in [6.07, 6.45) is 0.878. The predicted molar refractivity (Wildman–Crippen MR) is 53.4 cm³/mol. The molecule has 6 heteroatoms. The summed E-state index contributed by atoms with van der Waals surface area (Å²) in [7, 11) is 0. The van der Waals surface area contributed by atoms with Crippen LogP contribution in [0.2, 0.25) is 0 Å². The van der Waals surface area contributed by atoms with Crippen molar-refractivity contribution in [2.75, 3.05) is 19.8 Å². The molecule has 0 bridgehead atoms. The monoisotopic (exact) mass is 230 g/mol. The zero-order chi connectivity index (χ0) is 12.4. The van der Waals surface area contributed by atoms with Crippen LogP contribution in [0, 0.1) is 0 Å². The Balaban J connectivity index is 3.55. The molecule has 0 spiro atoms. The number of hydrogen-bond acceptors (Lipinski definition) is 6. The van der Waals surface area contributed by atoms with Crippen LogP contribution in [0.4, 0.5) is 0 Å². The molecule has 0 fully saturated rings. The van der Waals surface area contributed by atoms with Crippen molar-refractivity contribution in [2.45, 2.75) is 13.3 Å². The number of ether oxygens (including phenoxy) is 3. The van der Waals surface area contributed by atoms with E-state index in [0.29, 0.717) is 0 Å². The third-order valence-corrected chi connectivity index (χ3v) is 1.37. The molecular formula is C10H14O6. The first-order chi connectivity index (χ1) is 7.60. The van der Waals surface area contributed by atoms with E-state index in [9.17, 15) is 14.4 Å². The lowest BCUT2D eigenvalue weighted by molar-refractivity contribution is -0.159. The number of rotatable bonds is 7. The fourth-order valence-corrected chi connectivity index (χ4v) is 0.708. The van der Waals surface area contributed by atoms with Crippen LogP contribution in [0.15, 0.2) is 12.7 Å². The van der Waals surface area contributed by atoms with Gasteiger partial charge in [-0.25, -0.2) is 9.59 Å². The van der Waals surface area contributed by atoms with Gasteiger partial charge in [0.05, 0.1) is 13.0 Å². The summed E-state index contributed by atoms with van der Waals surface area (Å²) in [6, 6.07) is 0. The third kappa shape index (κ3) is 7.54. The zero-order valence-corrected chi connectivity index (χ0v) is 9.06. The minimum Gasteiger partial charge on any atom is -0.463 e. The average molecular weight is 230 g/mol. The molecule has 0 aliphatic rings. The summed E-state index contributed by atoms with van der Waals surface area (Å²) >= 11 is 0. The Morgan fingerprint density at radius 3 is 2.38 bits per heavy atom. The van der Waals surface area contributed by atoms with Crippen LogP contribution in [-0.2, 0) is 28.6 Å². The van der Waals surface area contributed by atoms with Crippen molar-refractivity contribution in [2.24, 2.45) is 0 Å². The van der Waals surface area contributed by atoms with E-state index in [0.717, 1.165) is 6.08 Å². The first kappa shape index (κ1) is 14.2. The number of esters is 3. The van der Waals surface area contributed by atoms with Crippen LogP contribution in [0.25, 0.3) is 0 Å². The van der Waals surface area contributed by atoms with Gasteiger partial charge in [0, 0.05) is 6.08 Å². The maximum Gasteiger partial charge on any atom is 0.344 e. The molecule has 0 aromatic heterocycles. The summed E-state index contributed by atoms with van der Waals surface area (Å²) in [5, 5.41) is 0. The Kier molecular flexibility index (Phi) is 7.48. The van der Waals surface area contributed by atoms with Gasteiger partial charge in [0.25, 0.3) is 0 Å². The van der Waals surface area contributed by atoms with Gasteiger partial charge >= 0.3 is 17.9 Å². The van der Waals surface area contributed by atoms with E-state index in [1.807, 2.05) is 0 Å². The Hall–Kier alpha value is -1.85. The van der Waals surface area contributed by atoms with E-state index in [1.54, 1.807) is 6.92 Å².